The van der Waals surface area contributed by atoms with Gasteiger partial charge in [-0.2, -0.15) is 0 Å². The molecule has 0 saturated heterocycles. The van der Waals surface area contributed by atoms with E-state index in [4.69, 9.17) is 4.74 Å². The van der Waals surface area contributed by atoms with E-state index in [2.05, 4.69) is 39.1 Å². The topological polar surface area (TPSA) is 21.3 Å². The molecule has 1 heterocycles. The minimum absolute atomic E-state index is 0.170. The summed E-state index contributed by atoms with van der Waals surface area (Å²) in [6, 6.07) is 0.664. The van der Waals surface area contributed by atoms with Crippen LogP contribution in [0.15, 0.2) is 11.6 Å². The summed E-state index contributed by atoms with van der Waals surface area (Å²) in [6.45, 7) is 9.76. The van der Waals surface area contributed by atoms with Crippen molar-refractivity contribution in [2.24, 2.45) is 5.92 Å². The molecule has 2 aliphatic rings. The maximum Gasteiger partial charge on any atom is 0.0581 e. The summed E-state index contributed by atoms with van der Waals surface area (Å²) < 4.78 is 5.78. The molecule has 92 valence electrons. The first kappa shape index (κ1) is 12.1. The molecule has 1 fully saturated rings. The SMILES string of the molecule is CCOC1CCC2NC(C)(C)C=C(C)C2C1. The van der Waals surface area contributed by atoms with Gasteiger partial charge in [-0.15, -0.1) is 0 Å². The molecule has 3 atom stereocenters. The molecule has 0 radical (unpaired) electrons. The maximum absolute atomic E-state index is 5.78. The van der Waals surface area contributed by atoms with Crippen molar-refractivity contribution in [2.75, 3.05) is 6.61 Å². The van der Waals surface area contributed by atoms with E-state index in [1.54, 1.807) is 5.57 Å². The van der Waals surface area contributed by atoms with Crippen LogP contribution in [0.5, 0.6) is 0 Å². The normalized spacial score (nSPS) is 37.8. The van der Waals surface area contributed by atoms with E-state index in [0.717, 1.165) is 6.61 Å². The second-order valence-corrected chi connectivity index (χ2v) is 5.86. The predicted octanol–water partition coefficient (Wildman–Crippen LogP) is 2.89. The summed E-state index contributed by atoms with van der Waals surface area (Å²) in [5.41, 5.74) is 1.72. The quantitative estimate of drug-likeness (QED) is 0.727. The number of nitrogens with one attached hydrogen (secondary N) is 1. The van der Waals surface area contributed by atoms with E-state index < -0.39 is 0 Å². The lowest BCUT2D eigenvalue weighted by Gasteiger charge is -2.45. The zero-order valence-corrected chi connectivity index (χ0v) is 11.0. The molecule has 1 aliphatic carbocycles. The van der Waals surface area contributed by atoms with Gasteiger partial charge in [0.15, 0.2) is 0 Å². The van der Waals surface area contributed by atoms with E-state index in [1.807, 2.05) is 0 Å². The second kappa shape index (κ2) is 4.50. The van der Waals surface area contributed by atoms with Crippen LogP contribution in [-0.4, -0.2) is 24.3 Å². The van der Waals surface area contributed by atoms with Crippen LogP contribution in [0, 0.1) is 5.92 Å². The smallest absolute Gasteiger partial charge is 0.0581 e. The van der Waals surface area contributed by atoms with Gasteiger partial charge in [-0.25, -0.2) is 0 Å². The highest BCUT2D eigenvalue weighted by Gasteiger charge is 2.37. The Morgan fingerprint density at radius 2 is 2.19 bits per heavy atom. The highest BCUT2D eigenvalue weighted by atomic mass is 16.5. The molecule has 2 heteroatoms. The fraction of sp³-hybridized carbons (Fsp3) is 0.857. The lowest BCUT2D eigenvalue weighted by Crippen LogP contribution is -2.54. The van der Waals surface area contributed by atoms with Gasteiger partial charge in [-0.3, -0.25) is 0 Å². The standard InChI is InChI=1S/C14H25NO/c1-5-16-11-6-7-13-12(8-11)10(2)9-14(3,4)15-13/h9,11-13,15H,5-8H2,1-4H3. The Morgan fingerprint density at radius 3 is 2.88 bits per heavy atom. The van der Waals surface area contributed by atoms with Crippen molar-refractivity contribution in [3.63, 3.8) is 0 Å². The van der Waals surface area contributed by atoms with Crippen LogP contribution in [0.1, 0.15) is 47.0 Å². The molecule has 0 amide bonds. The maximum atomic E-state index is 5.78. The molecule has 1 N–H and O–H groups in total. The lowest BCUT2D eigenvalue weighted by atomic mass is 9.74. The van der Waals surface area contributed by atoms with E-state index in [1.165, 1.54) is 19.3 Å². The molecule has 0 aromatic carbocycles. The van der Waals surface area contributed by atoms with Gasteiger partial charge in [0.1, 0.15) is 0 Å². The lowest BCUT2D eigenvalue weighted by molar-refractivity contribution is 0.0120. The first-order valence-corrected chi connectivity index (χ1v) is 6.60. The number of rotatable bonds is 2. The summed E-state index contributed by atoms with van der Waals surface area (Å²) in [6.07, 6.45) is 6.54. The van der Waals surface area contributed by atoms with Crippen LogP contribution in [0.2, 0.25) is 0 Å². The van der Waals surface area contributed by atoms with Crippen LogP contribution >= 0.6 is 0 Å². The van der Waals surface area contributed by atoms with Crippen molar-refractivity contribution < 1.29 is 4.74 Å². The first-order valence-electron chi connectivity index (χ1n) is 6.60. The third kappa shape index (κ3) is 2.49. The van der Waals surface area contributed by atoms with Gasteiger partial charge in [0, 0.05) is 18.2 Å². The van der Waals surface area contributed by atoms with Gasteiger partial charge in [0.05, 0.1) is 6.10 Å². The monoisotopic (exact) mass is 223 g/mol. The largest absolute Gasteiger partial charge is 0.378 e. The summed E-state index contributed by atoms with van der Waals surface area (Å²) in [4.78, 5) is 0. The van der Waals surface area contributed by atoms with Gasteiger partial charge in [0.25, 0.3) is 0 Å². The zero-order valence-electron chi connectivity index (χ0n) is 11.0. The molecule has 16 heavy (non-hydrogen) atoms. The third-order valence-corrected chi connectivity index (χ3v) is 3.94. The number of hydrogen-bond donors (Lipinski definition) is 1. The zero-order chi connectivity index (χ0) is 11.8. The summed E-state index contributed by atoms with van der Waals surface area (Å²) >= 11 is 0. The van der Waals surface area contributed by atoms with E-state index in [0.29, 0.717) is 18.1 Å². The fourth-order valence-electron chi connectivity index (χ4n) is 3.39. The minimum Gasteiger partial charge on any atom is -0.378 e. The van der Waals surface area contributed by atoms with Crippen LogP contribution in [0.3, 0.4) is 0 Å². The Hall–Kier alpha value is -0.340. The Balaban J connectivity index is 2.08. The van der Waals surface area contributed by atoms with Crippen molar-refractivity contribution in [1.82, 2.24) is 5.32 Å². The van der Waals surface area contributed by atoms with Gasteiger partial charge >= 0.3 is 0 Å². The van der Waals surface area contributed by atoms with E-state index in [-0.39, 0.29) is 5.54 Å². The van der Waals surface area contributed by atoms with E-state index in [9.17, 15) is 0 Å². The molecular weight excluding hydrogens is 198 g/mol. The molecule has 0 bridgehead atoms. The molecule has 2 rings (SSSR count). The summed E-state index contributed by atoms with van der Waals surface area (Å²) in [7, 11) is 0. The highest BCUT2D eigenvalue weighted by molar-refractivity contribution is 5.21. The van der Waals surface area contributed by atoms with Crippen LogP contribution in [0.4, 0.5) is 0 Å². The molecule has 0 aromatic rings. The fourth-order valence-corrected chi connectivity index (χ4v) is 3.39. The number of fused-ring (bicyclic) bond motifs is 1. The van der Waals surface area contributed by atoms with Crippen LogP contribution in [-0.2, 0) is 4.74 Å². The van der Waals surface area contributed by atoms with Crippen LogP contribution < -0.4 is 5.32 Å². The highest BCUT2D eigenvalue weighted by Crippen LogP contribution is 2.36. The van der Waals surface area contributed by atoms with Gasteiger partial charge in [-0.05, 0) is 52.9 Å². The van der Waals surface area contributed by atoms with Crippen molar-refractivity contribution in [1.29, 1.82) is 0 Å². The Kier molecular flexibility index (Phi) is 3.41. The number of ether oxygens (including phenoxy) is 1. The van der Waals surface area contributed by atoms with E-state index >= 15 is 0 Å². The average Bonchev–Trinajstić information content (AvgIpc) is 2.18. The van der Waals surface area contributed by atoms with Crippen molar-refractivity contribution >= 4 is 0 Å². The van der Waals surface area contributed by atoms with Crippen molar-refractivity contribution in [3.8, 4) is 0 Å². The Labute approximate surface area is 99.4 Å². The van der Waals surface area contributed by atoms with Crippen molar-refractivity contribution in [2.45, 2.75) is 64.6 Å². The minimum atomic E-state index is 0.170. The molecule has 1 saturated carbocycles. The number of hydrogen-bond acceptors (Lipinski definition) is 2. The van der Waals surface area contributed by atoms with Crippen molar-refractivity contribution in [3.05, 3.63) is 11.6 Å². The van der Waals surface area contributed by atoms with Gasteiger partial charge in [0.2, 0.25) is 0 Å². The summed E-state index contributed by atoms with van der Waals surface area (Å²) in [5.74, 6) is 0.693. The molecule has 1 aliphatic heterocycles. The van der Waals surface area contributed by atoms with Gasteiger partial charge in [-0.1, -0.05) is 11.6 Å². The molecule has 3 unspecified atom stereocenters. The Bertz CT molecular complexity index is 282. The second-order valence-electron chi connectivity index (χ2n) is 5.86. The molecule has 0 aromatic heterocycles. The third-order valence-electron chi connectivity index (χ3n) is 3.94. The Morgan fingerprint density at radius 1 is 1.44 bits per heavy atom. The first-order chi connectivity index (χ1) is 7.52. The molecular formula is C14H25NO. The van der Waals surface area contributed by atoms with Gasteiger partial charge < -0.3 is 10.1 Å². The van der Waals surface area contributed by atoms with Crippen LogP contribution in [0.25, 0.3) is 0 Å². The summed E-state index contributed by atoms with van der Waals surface area (Å²) in [5, 5.41) is 3.76. The molecule has 2 nitrogen and oxygen atoms in total. The molecule has 0 spiro atoms. The average molecular weight is 223 g/mol. The predicted molar refractivity (Wildman–Crippen MR) is 67.5 cm³/mol.